The van der Waals surface area contributed by atoms with Gasteiger partial charge in [0.2, 0.25) is 0 Å². The topological polar surface area (TPSA) is 93.1 Å². The normalized spacial score (nSPS) is 10.6. The Morgan fingerprint density at radius 3 is 1.46 bits per heavy atom. The van der Waals surface area contributed by atoms with Crippen LogP contribution in [0.5, 0.6) is 23.0 Å². The zero-order valence-corrected chi connectivity index (χ0v) is 17.2. The maximum Gasteiger partial charge on any atom is 0.311 e. The van der Waals surface area contributed by atoms with Crippen molar-refractivity contribution >= 4 is 11.9 Å². The van der Waals surface area contributed by atoms with Crippen LogP contribution >= 0.6 is 0 Å². The number of carbonyl (C=O) groups is 2. The number of carbonyl (C=O) groups excluding carboxylic acids is 2. The van der Waals surface area contributed by atoms with Crippen molar-refractivity contribution in [3.63, 3.8) is 0 Å². The molecule has 0 heterocycles. The number of hydrogen-bond donors (Lipinski definition) is 2. The Hall–Kier alpha value is -2.24. The van der Waals surface area contributed by atoms with Crippen molar-refractivity contribution in [1.29, 1.82) is 0 Å². The van der Waals surface area contributed by atoms with Gasteiger partial charge in [0.25, 0.3) is 0 Å². The van der Waals surface area contributed by atoms with E-state index in [-0.39, 0.29) is 35.8 Å². The fourth-order valence-corrected chi connectivity index (χ4v) is 2.80. The first-order valence-electron chi connectivity index (χ1n) is 10.4. The van der Waals surface area contributed by atoms with Crippen LogP contribution in [0.2, 0.25) is 0 Å². The van der Waals surface area contributed by atoms with E-state index in [1.54, 1.807) is 0 Å². The van der Waals surface area contributed by atoms with E-state index in [4.69, 9.17) is 9.47 Å². The molecule has 28 heavy (non-hydrogen) atoms. The summed E-state index contributed by atoms with van der Waals surface area (Å²) in [6.07, 6.45) is 10.5. The third-order valence-corrected chi connectivity index (χ3v) is 4.46. The lowest BCUT2D eigenvalue weighted by atomic mass is 10.1. The average Bonchev–Trinajstić information content (AvgIpc) is 2.65. The van der Waals surface area contributed by atoms with Gasteiger partial charge in [0.15, 0.2) is 23.0 Å². The van der Waals surface area contributed by atoms with Gasteiger partial charge in [-0.3, -0.25) is 9.59 Å². The molecule has 0 amide bonds. The Morgan fingerprint density at radius 2 is 1.07 bits per heavy atom. The summed E-state index contributed by atoms with van der Waals surface area (Å²) in [7, 11) is 0. The summed E-state index contributed by atoms with van der Waals surface area (Å²) in [6.45, 7) is 4.25. The number of aromatic hydroxyl groups is 2. The van der Waals surface area contributed by atoms with Crippen molar-refractivity contribution in [1.82, 2.24) is 0 Å². The number of ether oxygens (including phenoxy) is 2. The first kappa shape index (κ1) is 23.8. The summed E-state index contributed by atoms with van der Waals surface area (Å²) in [5, 5.41) is 19.8. The third-order valence-electron chi connectivity index (χ3n) is 4.46. The predicted octanol–water partition coefficient (Wildman–Crippen LogP) is 5.63. The van der Waals surface area contributed by atoms with Crippen LogP contribution in [0.4, 0.5) is 0 Å². The third kappa shape index (κ3) is 9.62. The zero-order chi connectivity index (χ0) is 20.8. The highest BCUT2D eigenvalue weighted by Crippen LogP contribution is 2.38. The van der Waals surface area contributed by atoms with E-state index >= 15 is 0 Å². The van der Waals surface area contributed by atoms with Crippen molar-refractivity contribution in [2.75, 3.05) is 0 Å². The monoisotopic (exact) mass is 394 g/mol. The maximum absolute atomic E-state index is 11.9. The van der Waals surface area contributed by atoms with Gasteiger partial charge >= 0.3 is 11.9 Å². The summed E-state index contributed by atoms with van der Waals surface area (Å²) in [6, 6.07) is 2.18. The van der Waals surface area contributed by atoms with Gasteiger partial charge in [0.05, 0.1) is 0 Å². The molecule has 0 bridgehead atoms. The van der Waals surface area contributed by atoms with Gasteiger partial charge in [-0.1, -0.05) is 65.2 Å². The lowest BCUT2D eigenvalue weighted by molar-refractivity contribution is -0.135. The van der Waals surface area contributed by atoms with Crippen LogP contribution < -0.4 is 9.47 Å². The van der Waals surface area contributed by atoms with E-state index in [2.05, 4.69) is 13.8 Å². The number of phenols is 2. The highest BCUT2D eigenvalue weighted by atomic mass is 16.6. The second-order valence-corrected chi connectivity index (χ2v) is 7.06. The fraction of sp³-hybridized carbons (Fsp3) is 0.636. The molecule has 0 atom stereocenters. The van der Waals surface area contributed by atoms with Gasteiger partial charge < -0.3 is 19.7 Å². The summed E-state index contributed by atoms with van der Waals surface area (Å²) >= 11 is 0. The second-order valence-electron chi connectivity index (χ2n) is 7.06. The number of hydrogen-bond acceptors (Lipinski definition) is 6. The van der Waals surface area contributed by atoms with Crippen molar-refractivity contribution in [2.45, 2.75) is 90.9 Å². The molecule has 1 aromatic carbocycles. The molecule has 0 radical (unpaired) electrons. The van der Waals surface area contributed by atoms with E-state index in [9.17, 15) is 19.8 Å². The minimum atomic E-state index is -0.467. The van der Waals surface area contributed by atoms with Crippen LogP contribution in [0.25, 0.3) is 0 Å². The molecular weight excluding hydrogens is 360 g/mol. The summed E-state index contributed by atoms with van der Waals surface area (Å²) in [5.74, 6) is -1.94. The maximum atomic E-state index is 11.9. The molecular formula is C22H34O6. The molecule has 0 aliphatic rings. The predicted molar refractivity (Wildman–Crippen MR) is 108 cm³/mol. The van der Waals surface area contributed by atoms with Crippen LogP contribution in [-0.2, 0) is 9.59 Å². The van der Waals surface area contributed by atoms with Crippen LogP contribution in [0.15, 0.2) is 12.1 Å². The van der Waals surface area contributed by atoms with Crippen molar-refractivity contribution < 1.29 is 29.3 Å². The summed E-state index contributed by atoms with van der Waals surface area (Å²) in [5.41, 5.74) is 0. The van der Waals surface area contributed by atoms with Gasteiger partial charge in [0.1, 0.15) is 0 Å². The lowest BCUT2D eigenvalue weighted by Crippen LogP contribution is -2.10. The summed E-state index contributed by atoms with van der Waals surface area (Å²) in [4.78, 5) is 23.9. The van der Waals surface area contributed by atoms with Crippen LogP contribution in [0.1, 0.15) is 90.9 Å². The van der Waals surface area contributed by atoms with Gasteiger partial charge in [-0.05, 0) is 12.8 Å². The Labute approximate surface area is 167 Å². The van der Waals surface area contributed by atoms with E-state index < -0.39 is 11.9 Å². The quantitative estimate of drug-likeness (QED) is 0.241. The number of unbranched alkanes of at least 4 members (excludes halogenated alkanes) is 8. The molecule has 0 fully saturated rings. The molecule has 0 aromatic heterocycles. The fourth-order valence-electron chi connectivity index (χ4n) is 2.80. The van der Waals surface area contributed by atoms with Gasteiger partial charge in [-0.2, -0.15) is 0 Å². The highest BCUT2D eigenvalue weighted by Gasteiger charge is 2.16. The standard InChI is InChI=1S/C22H34O6/c1-3-5-7-9-11-13-21(25)27-19-16-20(18(24)15-17(19)23)28-22(26)14-12-10-8-6-4-2/h15-16,23-24H,3-14H2,1-2H3. The number of benzene rings is 1. The lowest BCUT2D eigenvalue weighted by Gasteiger charge is -2.11. The molecule has 6 nitrogen and oxygen atoms in total. The average molecular weight is 395 g/mol. The largest absolute Gasteiger partial charge is 0.504 e. The smallest absolute Gasteiger partial charge is 0.311 e. The van der Waals surface area contributed by atoms with E-state index in [1.165, 1.54) is 6.07 Å². The number of phenolic OH excluding ortho intramolecular Hbond substituents is 2. The van der Waals surface area contributed by atoms with Crippen molar-refractivity contribution in [2.24, 2.45) is 0 Å². The molecule has 1 rings (SSSR count). The Bertz CT molecular complexity index is 562. The first-order valence-corrected chi connectivity index (χ1v) is 10.4. The first-order chi connectivity index (χ1) is 13.5. The molecule has 2 N–H and O–H groups in total. The van der Waals surface area contributed by atoms with E-state index in [0.717, 1.165) is 70.3 Å². The zero-order valence-electron chi connectivity index (χ0n) is 17.2. The summed E-state index contributed by atoms with van der Waals surface area (Å²) < 4.78 is 10.3. The van der Waals surface area contributed by atoms with Gasteiger partial charge in [-0.15, -0.1) is 0 Å². The molecule has 0 saturated heterocycles. The minimum Gasteiger partial charge on any atom is -0.504 e. The molecule has 6 heteroatoms. The molecule has 1 aromatic rings. The minimum absolute atomic E-state index is 0.123. The molecule has 0 aliphatic carbocycles. The van der Waals surface area contributed by atoms with Crippen LogP contribution in [0.3, 0.4) is 0 Å². The molecule has 0 spiro atoms. The van der Waals surface area contributed by atoms with Gasteiger partial charge in [-0.25, -0.2) is 0 Å². The molecule has 0 unspecified atom stereocenters. The second kappa shape index (κ2) is 13.9. The molecule has 158 valence electrons. The SMILES string of the molecule is CCCCCCCC(=O)Oc1cc(OC(=O)CCCCCCC)c(O)cc1O. The van der Waals surface area contributed by atoms with E-state index in [0.29, 0.717) is 0 Å². The Kier molecular flexibility index (Phi) is 11.8. The van der Waals surface area contributed by atoms with Crippen LogP contribution in [-0.4, -0.2) is 22.2 Å². The Morgan fingerprint density at radius 1 is 0.679 bits per heavy atom. The molecule has 0 aliphatic heterocycles. The Balaban J connectivity index is 2.53. The molecule has 0 saturated carbocycles. The van der Waals surface area contributed by atoms with Gasteiger partial charge in [0, 0.05) is 25.0 Å². The number of esters is 2. The van der Waals surface area contributed by atoms with Crippen molar-refractivity contribution in [3.8, 4) is 23.0 Å². The number of rotatable bonds is 14. The highest BCUT2D eigenvalue weighted by molar-refractivity contribution is 5.76. The van der Waals surface area contributed by atoms with Crippen LogP contribution in [0, 0.1) is 0 Å². The van der Waals surface area contributed by atoms with Crippen molar-refractivity contribution in [3.05, 3.63) is 12.1 Å². The van der Waals surface area contributed by atoms with E-state index in [1.807, 2.05) is 0 Å².